The number of hydrogen-bond acceptors (Lipinski definition) is 4. The van der Waals surface area contributed by atoms with Gasteiger partial charge in [0.05, 0.1) is 10.0 Å². The Balaban J connectivity index is 2.41. The lowest BCUT2D eigenvalue weighted by Gasteiger charge is -2.01. The zero-order valence-corrected chi connectivity index (χ0v) is 12.1. The predicted octanol–water partition coefficient (Wildman–Crippen LogP) is 3.86. The molecule has 0 N–H and O–H groups in total. The molecule has 0 atom stereocenters. The molecule has 0 fully saturated rings. The molecule has 0 aliphatic carbocycles. The van der Waals surface area contributed by atoms with Crippen molar-refractivity contribution in [3.8, 4) is 11.3 Å². The maximum atomic E-state index is 13.4. The molecule has 0 bridgehead atoms. The van der Waals surface area contributed by atoms with Gasteiger partial charge in [-0.05, 0) is 12.1 Å². The van der Waals surface area contributed by atoms with Gasteiger partial charge in [0.2, 0.25) is 9.05 Å². The van der Waals surface area contributed by atoms with Gasteiger partial charge >= 0.3 is 0 Å². The molecule has 0 saturated heterocycles. The van der Waals surface area contributed by atoms with E-state index in [2.05, 4.69) is 5.16 Å². The summed E-state index contributed by atoms with van der Waals surface area (Å²) in [4.78, 5) is 0. The normalized spacial score (nSPS) is 11.8. The Hall–Kier alpha value is -0.820. The molecular weight excluding hydrogens is 340 g/mol. The summed E-state index contributed by atoms with van der Waals surface area (Å²) in [6.45, 7) is 0. The lowest BCUT2D eigenvalue weighted by atomic mass is 10.1. The van der Waals surface area contributed by atoms with E-state index in [4.69, 9.17) is 38.4 Å². The average Bonchev–Trinajstić information content (AvgIpc) is 2.69. The summed E-state index contributed by atoms with van der Waals surface area (Å²) in [5.41, 5.74) is 0.311. The molecule has 2 rings (SSSR count). The molecule has 1 heterocycles. The molecule has 4 nitrogen and oxygen atoms in total. The lowest BCUT2D eigenvalue weighted by Crippen LogP contribution is -1.94. The Bertz CT molecular complexity index is 730. The molecule has 0 saturated carbocycles. The third-order valence-corrected chi connectivity index (χ3v) is 3.72. The van der Waals surface area contributed by atoms with Crippen molar-refractivity contribution in [3.05, 3.63) is 39.8 Å². The van der Waals surface area contributed by atoms with Crippen LogP contribution in [0.25, 0.3) is 11.3 Å². The van der Waals surface area contributed by atoms with Crippen molar-refractivity contribution in [2.45, 2.75) is 5.75 Å². The van der Waals surface area contributed by atoms with Crippen molar-refractivity contribution in [1.29, 1.82) is 0 Å². The van der Waals surface area contributed by atoms with Crippen LogP contribution in [0.3, 0.4) is 0 Å². The molecule has 0 aliphatic heterocycles. The van der Waals surface area contributed by atoms with Gasteiger partial charge in [0.1, 0.15) is 17.3 Å². The van der Waals surface area contributed by atoms with Crippen molar-refractivity contribution in [2.75, 3.05) is 0 Å². The quantitative estimate of drug-likeness (QED) is 0.626. The van der Waals surface area contributed by atoms with Gasteiger partial charge in [-0.25, -0.2) is 12.8 Å². The monoisotopic (exact) mass is 343 g/mol. The van der Waals surface area contributed by atoms with E-state index in [9.17, 15) is 12.8 Å². The molecule has 1 aromatic heterocycles. The number of nitrogens with zero attached hydrogens (tertiary/aromatic N) is 1. The maximum absolute atomic E-state index is 13.4. The van der Waals surface area contributed by atoms with Crippen LogP contribution in [0.4, 0.5) is 4.39 Å². The maximum Gasteiger partial charge on any atom is 0.238 e. The summed E-state index contributed by atoms with van der Waals surface area (Å²) in [5, 5.41) is 3.55. The highest BCUT2D eigenvalue weighted by molar-refractivity contribution is 8.13. The molecule has 19 heavy (non-hydrogen) atoms. The van der Waals surface area contributed by atoms with Gasteiger partial charge in [0, 0.05) is 22.3 Å². The van der Waals surface area contributed by atoms with Crippen LogP contribution in [-0.2, 0) is 14.8 Å². The third-order valence-electron chi connectivity index (χ3n) is 2.15. The van der Waals surface area contributed by atoms with E-state index in [1.807, 2.05) is 0 Å². The van der Waals surface area contributed by atoms with Gasteiger partial charge < -0.3 is 4.52 Å². The van der Waals surface area contributed by atoms with Gasteiger partial charge in [0.15, 0.2) is 5.76 Å². The van der Waals surface area contributed by atoms with E-state index >= 15 is 0 Å². The second-order valence-electron chi connectivity index (χ2n) is 3.61. The highest BCUT2D eigenvalue weighted by Crippen LogP contribution is 2.32. The fraction of sp³-hybridized carbons (Fsp3) is 0.100. The van der Waals surface area contributed by atoms with Crippen molar-refractivity contribution in [3.63, 3.8) is 0 Å². The third kappa shape index (κ3) is 3.60. The Morgan fingerprint density at radius 2 is 1.89 bits per heavy atom. The van der Waals surface area contributed by atoms with Crippen LogP contribution >= 0.6 is 33.9 Å². The van der Waals surface area contributed by atoms with Crippen LogP contribution in [-0.4, -0.2) is 13.6 Å². The first kappa shape index (κ1) is 14.6. The molecule has 102 valence electrons. The summed E-state index contributed by atoms with van der Waals surface area (Å²) >= 11 is 11.5. The topological polar surface area (TPSA) is 60.2 Å². The van der Waals surface area contributed by atoms with Crippen LogP contribution < -0.4 is 0 Å². The summed E-state index contributed by atoms with van der Waals surface area (Å²) in [6, 6.07) is 3.60. The fourth-order valence-electron chi connectivity index (χ4n) is 1.39. The largest absolute Gasteiger partial charge is 0.356 e. The summed E-state index contributed by atoms with van der Waals surface area (Å²) in [5.74, 6) is -1.05. The average molecular weight is 345 g/mol. The number of halogens is 4. The molecule has 0 radical (unpaired) electrons. The first-order chi connectivity index (χ1) is 8.76. The molecular formula is C10H5Cl3FNO3S. The number of hydrogen-bond donors (Lipinski definition) is 0. The van der Waals surface area contributed by atoms with Crippen molar-refractivity contribution >= 4 is 42.9 Å². The Morgan fingerprint density at radius 1 is 1.21 bits per heavy atom. The molecule has 9 heteroatoms. The molecule has 0 unspecified atom stereocenters. The Kier molecular flexibility index (Phi) is 4.06. The molecule has 0 spiro atoms. The summed E-state index contributed by atoms with van der Waals surface area (Å²) in [6.07, 6.45) is 0. The van der Waals surface area contributed by atoms with Crippen molar-refractivity contribution in [1.82, 2.24) is 5.16 Å². The van der Waals surface area contributed by atoms with Gasteiger partial charge in [-0.15, -0.1) is 0 Å². The number of aromatic nitrogens is 1. The first-order valence-corrected chi connectivity index (χ1v) is 8.02. The second-order valence-corrected chi connectivity index (χ2v) is 7.20. The predicted molar refractivity (Wildman–Crippen MR) is 70.4 cm³/mol. The smallest absolute Gasteiger partial charge is 0.238 e. The minimum atomic E-state index is -3.75. The molecule has 2 aromatic rings. The zero-order chi connectivity index (χ0) is 14.2. The van der Waals surface area contributed by atoms with Crippen LogP contribution in [0, 0.1) is 5.82 Å². The van der Waals surface area contributed by atoms with Crippen LogP contribution in [0.2, 0.25) is 10.0 Å². The number of benzene rings is 1. The van der Waals surface area contributed by atoms with E-state index in [1.54, 1.807) is 0 Å². The standard InChI is InChI=1S/C10H5Cl3FNO3S/c11-7-3-8(12)9(14)2-6(7)10-1-5(15-18-10)4-19(13,16)17/h1-3H,4H2. The first-order valence-electron chi connectivity index (χ1n) is 4.79. The Labute approximate surface area is 122 Å². The molecule has 0 amide bonds. The minimum absolute atomic E-state index is 0.0939. The number of rotatable bonds is 3. The van der Waals surface area contributed by atoms with E-state index < -0.39 is 20.6 Å². The highest BCUT2D eigenvalue weighted by Gasteiger charge is 2.16. The van der Waals surface area contributed by atoms with Gasteiger partial charge in [-0.3, -0.25) is 0 Å². The van der Waals surface area contributed by atoms with Crippen LogP contribution in [0.15, 0.2) is 22.7 Å². The second kappa shape index (κ2) is 5.28. The molecule has 0 aliphatic rings. The fourth-order valence-corrected chi connectivity index (χ4v) is 2.70. The highest BCUT2D eigenvalue weighted by atomic mass is 35.7. The van der Waals surface area contributed by atoms with E-state index in [0.717, 1.165) is 6.07 Å². The molecule has 1 aromatic carbocycles. The van der Waals surface area contributed by atoms with Crippen molar-refractivity contribution < 1.29 is 17.3 Å². The minimum Gasteiger partial charge on any atom is -0.356 e. The summed E-state index contributed by atoms with van der Waals surface area (Å²) < 4.78 is 40.0. The van der Waals surface area contributed by atoms with E-state index in [-0.39, 0.29) is 27.1 Å². The van der Waals surface area contributed by atoms with Gasteiger partial charge in [0.25, 0.3) is 0 Å². The van der Waals surface area contributed by atoms with Gasteiger partial charge in [-0.1, -0.05) is 28.4 Å². The Morgan fingerprint density at radius 3 is 2.53 bits per heavy atom. The lowest BCUT2D eigenvalue weighted by molar-refractivity contribution is 0.425. The van der Waals surface area contributed by atoms with Gasteiger partial charge in [-0.2, -0.15) is 0 Å². The zero-order valence-electron chi connectivity index (χ0n) is 9.03. The van der Waals surface area contributed by atoms with Crippen LogP contribution in [0.1, 0.15) is 5.69 Å². The van der Waals surface area contributed by atoms with E-state index in [1.165, 1.54) is 12.1 Å². The van der Waals surface area contributed by atoms with Crippen molar-refractivity contribution in [2.24, 2.45) is 0 Å². The van der Waals surface area contributed by atoms with E-state index in [0.29, 0.717) is 0 Å². The van der Waals surface area contributed by atoms with Crippen LogP contribution in [0.5, 0.6) is 0 Å². The SMILES string of the molecule is O=S(=O)(Cl)Cc1cc(-c2cc(F)c(Cl)cc2Cl)on1. The summed E-state index contributed by atoms with van der Waals surface area (Å²) in [7, 11) is 1.34.